The van der Waals surface area contributed by atoms with E-state index in [4.69, 9.17) is 9.84 Å². The van der Waals surface area contributed by atoms with Crippen molar-refractivity contribution in [3.05, 3.63) is 48.0 Å². The molecule has 144 valence electrons. The summed E-state index contributed by atoms with van der Waals surface area (Å²) in [5.41, 5.74) is 1.99. The standard InChI is InChI=1S/C19H22FN3O4/c1-22(12-18(24)25)10-15-11-23(6-7-27-15)19(26)17-9-21-8-16(17)13-2-4-14(20)5-3-13/h2-5,8-9,15,21H,6-7,10-12H2,1H3,(H,24,25). The average molecular weight is 375 g/mol. The van der Waals surface area contributed by atoms with E-state index in [9.17, 15) is 14.0 Å². The third-order valence-corrected chi connectivity index (χ3v) is 4.48. The number of aromatic nitrogens is 1. The van der Waals surface area contributed by atoms with Gasteiger partial charge in [0.1, 0.15) is 5.82 Å². The number of carbonyl (C=O) groups is 2. The van der Waals surface area contributed by atoms with Gasteiger partial charge in [-0.2, -0.15) is 0 Å². The van der Waals surface area contributed by atoms with E-state index >= 15 is 0 Å². The lowest BCUT2D eigenvalue weighted by Crippen LogP contribution is -2.49. The monoisotopic (exact) mass is 375 g/mol. The van der Waals surface area contributed by atoms with E-state index in [1.165, 1.54) is 12.1 Å². The number of morpholine rings is 1. The van der Waals surface area contributed by atoms with Crippen LogP contribution in [0.15, 0.2) is 36.7 Å². The van der Waals surface area contributed by atoms with Crippen molar-refractivity contribution in [2.24, 2.45) is 0 Å². The molecule has 1 unspecified atom stereocenters. The van der Waals surface area contributed by atoms with Gasteiger partial charge in [0.2, 0.25) is 0 Å². The zero-order chi connectivity index (χ0) is 19.4. The topological polar surface area (TPSA) is 85.9 Å². The molecule has 3 rings (SSSR count). The summed E-state index contributed by atoms with van der Waals surface area (Å²) >= 11 is 0. The van der Waals surface area contributed by atoms with Gasteiger partial charge in [-0.1, -0.05) is 12.1 Å². The fraction of sp³-hybridized carbons (Fsp3) is 0.368. The molecule has 1 fully saturated rings. The van der Waals surface area contributed by atoms with Gasteiger partial charge in [-0.15, -0.1) is 0 Å². The van der Waals surface area contributed by atoms with Crippen molar-refractivity contribution in [3.8, 4) is 11.1 Å². The predicted octanol–water partition coefficient (Wildman–Crippen LogP) is 1.68. The summed E-state index contributed by atoms with van der Waals surface area (Å²) in [5, 5.41) is 8.86. The van der Waals surface area contributed by atoms with E-state index < -0.39 is 5.97 Å². The first kappa shape index (κ1) is 19.1. The number of nitrogens with zero attached hydrogens (tertiary/aromatic N) is 2. The first-order chi connectivity index (χ1) is 12.9. The number of rotatable bonds is 6. The zero-order valence-corrected chi connectivity index (χ0v) is 15.0. The van der Waals surface area contributed by atoms with Crippen LogP contribution in [0.4, 0.5) is 4.39 Å². The van der Waals surface area contributed by atoms with Gasteiger partial charge in [0.15, 0.2) is 0 Å². The van der Waals surface area contributed by atoms with Gasteiger partial charge in [0, 0.05) is 37.6 Å². The molecular formula is C19H22FN3O4. The van der Waals surface area contributed by atoms with Crippen molar-refractivity contribution in [2.75, 3.05) is 39.8 Å². The molecule has 1 aliphatic heterocycles. The molecule has 0 spiro atoms. The molecule has 1 aliphatic rings. The van der Waals surface area contributed by atoms with Crippen LogP contribution in [-0.2, 0) is 9.53 Å². The highest BCUT2D eigenvalue weighted by Gasteiger charge is 2.28. The molecule has 1 aromatic heterocycles. The van der Waals surface area contributed by atoms with Gasteiger partial charge in [0.25, 0.3) is 5.91 Å². The van der Waals surface area contributed by atoms with E-state index in [0.29, 0.717) is 37.4 Å². The lowest BCUT2D eigenvalue weighted by molar-refractivity contribution is -0.138. The minimum Gasteiger partial charge on any atom is -0.480 e. The molecule has 2 N–H and O–H groups in total. The molecule has 27 heavy (non-hydrogen) atoms. The third kappa shape index (κ3) is 4.72. The highest BCUT2D eigenvalue weighted by Crippen LogP contribution is 2.25. The second-order valence-corrected chi connectivity index (χ2v) is 6.62. The molecule has 1 aromatic carbocycles. The molecule has 2 aromatic rings. The van der Waals surface area contributed by atoms with Gasteiger partial charge >= 0.3 is 5.97 Å². The molecule has 0 radical (unpaired) electrons. The minimum atomic E-state index is -0.905. The van der Waals surface area contributed by atoms with Crippen molar-refractivity contribution < 1.29 is 23.8 Å². The van der Waals surface area contributed by atoms with Gasteiger partial charge in [-0.3, -0.25) is 14.5 Å². The first-order valence-electron chi connectivity index (χ1n) is 8.68. The normalized spacial score (nSPS) is 17.3. The zero-order valence-electron chi connectivity index (χ0n) is 15.0. The van der Waals surface area contributed by atoms with E-state index in [-0.39, 0.29) is 24.4 Å². The molecule has 0 bridgehead atoms. The summed E-state index contributed by atoms with van der Waals surface area (Å²) in [4.78, 5) is 30.1. The van der Waals surface area contributed by atoms with Crippen LogP contribution in [0.5, 0.6) is 0 Å². The summed E-state index contributed by atoms with van der Waals surface area (Å²) in [5.74, 6) is -1.37. The number of carbonyl (C=O) groups excluding carboxylic acids is 1. The molecular weight excluding hydrogens is 353 g/mol. The van der Waals surface area contributed by atoms with Crippen LogP contribution in [0.3, 0.4) is 0 Å². The Hall–Kier alpha value is -2.71. The van der Waals surface area contributed by atoms with E-state index in [0.717, 1.165) is 5.56 Å². The minimum absolute atomic E-state index is 0.0830. The maximum Gasteiger partial charge on any atom is 0.317 e. The summed E-state index contributed by atoms with van der Waals surface area (Å²) in [6.45, 7) is 1.59. The Kier molecular flexibility index (Phi) is 5.88. The number of hydrogen-bond acceptors (Lipinski definition) is 4. The number of likely N-dealkylation sites (N-methyl/N-ethyl adjacent to an activating group) is 1. The summed E-state index contributed by atoms with van der Waals surface area (Å²) in [7, 11) is 1.71. The smallest absolute Gasteiger partial charge is 0.317 e. The number of H-pyrrole nitrogens is 1. The van der Waals surface area contributed by atoms with Crippen LogP contribution in [0.2, 0.25) is 0 Å². The van der Waals surface area contributed by atoms with Crippen molar-refractivity contribution >= 4 is 11.9 Å². The number of amides is 1. The molecule has 8 heteroatoms. The summed E-state index contributed by atoms with van der Waals surface area (Å²) in [6.07, 6.45) is 3.11. The van der Waals surface area contributed by atoms with E-state index in [1.54, 1.807) is 41.4 Å². The fourth-order valence-electron chi connectivity index (χ4n) is 3.24. The number of ether oxygens (including phenoxy) is 1. The Balaban J connectivity index is 1.70. The average Bonchev–Trinajstić information content (AvgIpc) is 3.11. The molecule has 1 saturated heterocycles. The number of halogens is 1. The lowest BCUT2D eigenvalue weighted by atomic mass is 10.0. The Morgan fingerprint density at radius 1 is 1.33 bits per heavy atom. The van der Waals surface area contributed by atoms with E-state index in [2.05, 4.69) is 4.98 Å². The second-order valence-electron chi connectivity index (χ2n) is 6.62. The van der Waals surface area contributed by atoms with Gasteiger partial charge in [-0.25, -0.2) is 4.39 Å². The number of hydrogen-bond donors (Lipinski definition) is 2. The fourth-order valence-corrected chi connectivity index (χ4v) is 3.24. The van der Waals surface area contributed by atoms with Crippen molar-refractivity contribution in [3.63, 3.8) is 0 Å². The number of nitrogens with one attached hydrogen (secondary N) is 1. The maximum absolute atomic E-state index is 13.2. The van der Waals surface area contributed by atoms with Crippen molar-refractivity contribution in [1.82, 2.24) is 14.8 Å². The van der Waals surface area contributed by atoms with Gasteiger partial charge in [0.05, 0.1) is 24.8 Å². The van der Waals surface area contributed by atoms with Crippen LogP contribution in [0.1, 0.15) is 10.4 Å². The van der Waals surface area contributed by atoms with Crippen molar-refractivity contribution in [1.29, 1.82) is 0 Å². The van der Waals surface area contributed by atoms with Crippen LogP contribution in [-0.4, -0.2) is 77.7 Å². The predicted molar refractivity (Wildman–Crippen MR) is 97.0 cm³/mol. The number of carboxylic acid groups (broad SMARTS) is 1. The SMILES string of the molecule is CN(CC(=O)O)CC1CN(C(=O)c2c[nH]cc2-c2ccc(F)cc2)CCO1. The molecule has 0 aliphatic carbocycles. The lowest BCUT2D eigenvalue weighted by Gasteiger charge is -2.34. The number of benzene rings is 1. The summed E-state index contributed by atoms with van der Waals surface area (Å²) in [6, 6.07) is 6.00. The first-order valence-corrected chi connectivity index (χ1v) is 8.68. The Bertz CT molecular complexity index is 806. The molecule has 7 nitrogen and oxygen atoms in total. The molecule has 1 atom stereocenters. The Morgan fingerprint density at radius 3 is 2.78 bits per heavy atom. The van der Waals surface area contributed by atoms with Gasteiger partial charge in [-0.05, 0) is 24.7 Å². The Morgan fingerprint density at radius 2 is 2.07 bits per heavy atom. The van der Waals surface area contributed by atoms with Crippen molar-refractivity contribution in [2.45, 2.75) is 6.10 Å². The van der Waals surface area contributed by atoms with Crippen LogP contribution < -0.4 is 0 Å². The van der Waals surface area contributed by atoms with Crippen LogP contribution in [0.25, 0.3) is 11.1 Å². The molecule has 0 saturated carbocycles. The van der Waals surface area contributed by atoms with Crippen LogP contribution >= 0.6 is 0 Å². The number of carboxylic acids is 1. The Labute approximate surface area is 156 Å². The highest BCUT2D eigenvalue weighted by molar-refractivity contribution is 6.00. The maximum atomic E-state index is 13.2. The largest absolute Gasteiger partial charge is 0.480 e. The molecule has 2 heterocycles. The van der Waals surface area contributed by atoms with Crippen LogP contribution in [0, 0.1) is 5.82 Å². The number of aliphatic carboxylic acids is 1. The van der Waals surface area contributed by atoms with E-state index in [1.807, 2.05) is 0 Å². The molecule has 1 amide bonds. The third-order valence-electron chi connectivity index (χ3n) is 4.48. The number of aromatic amines is 1. The second kappa shape index (κ2) is 8.32. The van der Waals surface area contributed by atoms with Gasteiger partial charge < -0.3 is 19.7 Å². The highest BCUT2D eigenvalue weighted by atomic mass is 19.1. The summed E-state index contributed by atoms with van der Waals surface area (Å²) < 4.78 is 18.8. The quantitative estimate of drug-likeness (QED) is 0.802.